The minimum Gasteiger partial charge on any atom is -0.507 e. The summed E-state index contributed by atoms with van der Waals surface area (Å²) in [6, 6.07) is 8.74. The van der Waals surface area contributed by atoms with Crippen LogP contribution in [0.3, 0.4) is 0 Å². The Kier molecular flexibility index (Phi) is 8.41. The molecule has 14 heteroatoms. The van der Waals surface area contributed by atoms with Crippen molar-refractivity contribution in [3.05, 3.63) is 57.9 Å². The number of aromatic hydroxyl groups is 1. The fourth-order valence-corrected chi connectivity index (χ4v) is 6.26. The van der Waals surface area contributed by atoms with Gasteiger partial charge in [-0.3, -0.25) is 0 Å². The molecule has 3 aromatic carbocycles. The number of fused-ring (bicyclic) bond motifs is 5. The second kappa shape index (κ2) is 12.1. The largest absolute Gasteiger partial charge is 0.507 e. The molecule has 0 saturated carbocycles. The lowest BCUT2D eigenvalue weighted by molar-refractivity contribution is -0.353. The van der Waals surface area contributed by atoms with Gasteiger partial charge in [-0.1, -0.05) is 18.2 Å². The maximum absolute atomic E-state index is 13.3. The number of rotatable bonds is 6. The molecule has 14 nitrogen and oxygen atoms in total. The SMILES string of the molecule is COC1C(O)C(C)OC(OC2C(Oc3cccc4c(O)cc5c(oc(=O)c6c(C)ccc(C(=O)O)c65)c34)OC(C)C(O)C2O)C1O. The third-order valence-electron chi connectivity index (χ3n) is 8.74. The van der Waals surface area contributed by atoms with E-state index in [-0.39, 0.29) is 49.6 Å². The molecule has 1 aromatic heterocycles. The van der Waals surface area contributed by atoms with Crippen molar-refractivity contribution in [3.63, 3.8) is 0 Å². The van der Waals surface area contributed by atoms with Crippen LogP contribution in [-0.2, 0) is 18.9 Å². The third-order valence-corrected chi connectivity index (χ3v) is 8.74. The lowest BCUT2D eigenvalue weighted by Gasteiger charge is -2.46. The van der Waals surface area contributed by atoms with Crippen LogP contribution in [0.5, 0.6) is 11.5 Å². The number of aliphatic hydroxyl groups is 4. The Bertz CT molecular complexity index is 1870. The lowest BCUT2D eigenvalue weighted by atomic mass is 9.96. The van der Waals surface area contributed by atoms with Gasteiger partial charge < -0.3 is 58.7 Å². The Hall–Kier alpha value is -3.86. The van der Waals surface area contributed by atoms with E-state index in [0.29, 0.717) is 5.56 Å². The van der Waals surface area contributed by atoms with Crippen molar-refractivity contribution in [1.29, 1.82) is 0 Å². The van der Waals surface area contributed by atoms with E-state index in [1.807, 2.05) is 0 Å². The van der Waals surface area contributed by atoms with Crippen LogP contribution in [0, 0.1) is 6.92 Å². The average Bonchev–Trinajstić information content (AvgIpc) is 3.01. The summed E-state index contributed by atoms with van der Waals surface area (Å²) in [5.74, 6) is -1.56. The van der Waals surface area contributed by atoms with Gasteiger partial charge in [0.2, 0.25) is 6.29 Å². The van der Waals surface area contributed by atoms with Crippen molar-refractivity contribution in [3.8, 4) is 11.5 Å². The molecule has 2 aliphatic rings. The smallest absolute Gasteiger partial charge is 0.344 e. The number of aryl methyl sites for hydroxylation is 1. The highest BCUT2D eigenvalue weighted by molar-refractivity contribution is 6.21. The van der Waals surface area contributed by atoms with Crippen LogP contribution in [0.4, 0.5) is 0 Å². The zero-order valence-corrected chi connectivity index (χ0v) is 25.2. The molecular weight excluding hydrogens is 608 g/mol. The second-order valence-electron chi connectivity index (χ2n) is 11.6. The van der Waals surface area contributed by atoms with E-state index < -0.39 is 73.0 Å². The van der Waals surface area contributed by atoms with Crippen molar-refractivity contribution in [2.45, 2.75) is 82.2 Å². The predicted octanol–water partition coefficient (Wildman–Crippen LogP) is 1.52. The second-order valence-corrected chi connectivity index (χ2v) is 11.6. The van der Waals surface area contributed by atoms with Gasteiger partial charge in [-0.2, -0.15) is 0 Å². The van der Waals surface area contributed by atoms with E-state index >= 15 is 0 Å². The Morgan fingerprint density at radius 2 is 1.52 bits per heavy atom. The highest BCUT2D eigenvalue weighted by atomic mass is 16.8. The average molecular weight is 643 g/mol. The fourth-order valence-electron chi connectivity index (χ4n) is 6.26. The van der Waals surface area contributed by atoms with Crippen molar-refractivity contribution in [1.82, 2.24) is 0 Å². The number of carbonyl (C=O) groups is 1. The molecule has 2 aliphatic heterocycles. The summed E-state index contributed by atoms with van der Waals surface area (Å²) in [4.78, 5) is 25.5. The molecule has 46 heavy (non-hydrogen) atoms. The van der Waals surface area contributed by atoms with E-state index in [1.165, 1.54) is 44.4 Å². The molecule has 10 unspecified atom stereocenters. The quantitative estimate of drug-likeness (QED) is 0.130. The summed E-state index contributed by atoms with van der Waals surface area (Å²) in [5, 5.41) is 64.6. The number of hydrogen-bond acceptors (Lipinski definition) is 13. The summed E-state index contributed by atoms with van der Waals surface area (Å²) >= 11 is 0. The predicted molar refractivity (Wildman–Crippen MR) is 160 cm³/mol. The highest BCUT2D eigenvalue weighted by Crippen LogP contribution is 2.42. The Morgan fingerprint density at radius 1 is 0.826 bits per heavy atom. The molecule has 0 aliphatic carbocycles. The molecule has 0 amide bonds. The Morgan fingerprint density at radius 3 is 2.22 bits per heavy atom. The van der Waals surface area contributed by atoms with E-state index in [9.17, 15) is 40.2 Å². The highest BCUT2D eigenvalue weighted by Gasteiger charge is 2.50. The first-order chi connectivity index (χ1) is 21.8. The van der Waals surface area contributed by atoms with Crippen LogP contribution in [0.15, 0.2) is 45.6 Å². The van der Waals surface area contributed by atoms with Gasteiger partial charge in [-0.15, -0.1) is 0 Å². The van der Waals surface area contributed by atoms with Crippen LogP contribution in [-0.4, -0.2) is 105 Å². The van der Waals surface area contributed by atoms with E-state index in [1.54, 1.807) is 19.9 Å². The van der Waals surface area contributed by atoms with Crippen molar-refractivity contribution >= 4 is 38.5 Å². The molecule has 3 heterocycles. The van der Waals surface area contributed by atoms with Crippen LogP contribution in [0.1, 0.15) is 29.8 Å². The number of aromatic carboxylic acids is 1. The normalized spacial score (nSPS) is 31.8. The maximum atomic E-state index is 13.3. The molecular formula is C32H34O14. The summed E-state index contributed by atoms with van der Waals surface area (Å²) in [6.07, 6.45) is -13.0. The van der Waals surface area contributed by atoms with Gasteiger partial charge in [0.1, 0.15) is 42.0 Å². The summed E-state index contributed by atoms with van der Waals surface area (Å²) in [5.41, 5.74) is -0.584. The first-order valence-corrected chi connectivity index (χ1v) is 14.6. The minimum absolute atomic E-state index is 0.0107. The number of ether oxygens (including phenoxy) is 5. The molecule has 4 aromatic rings. The maximum Gasteiger partial charge on any atom is 0.344 e. The molecule has 6 N–H and O–H groups in total. The number of phenols is 1. The van der Waals surface area contributed by atoms with Gasteiger partial charge in [0.15, 0.2) is 18.0 Å². The van der Waals surface area contributed by atoms with Crippen LogP contribution in [0.2, 0.25) is 0 Å². The van der Waals surface area contributed by atoms with Crippen LogP contribution in [0.25, 0.3) is 32.5 Å². The van der Waals surface area contributed by atoms with Crippen molar-refractivity contribution < 1.29 is 63.5 Å². The summed E-state index contributed by atoms with van der Waals surface area (Å²) in [6.45, 7) is 4.67. The van der Waals surface area contributed by atoms with Crippen molar-refractivity contribution in [2.75, 3.05) is 7.11 Å². The number of benzene rings is 3. The first kappa shape index (κ1) is 32.1. The monoisotopic (exact) mass is 642 g/mol. The van der Waals surface area contributed by atoms with Gasteiger partial charge in [-0.25, -0.2) is 9.59 Å². The van der Waals surface area contributed by atoms with Gasteiger partial charge in [0, 0.05) is 23.3 Å². The summed E-state index contributed by atoms with van der Waals surface area (Å²) < 4.78 is 34.8. The zero-order valence-electron chi connectivity index (χ0n) is 25.2. The Balaban J connectivity index is 1.49. The van der Waals surface area contributed by atoms with Gasteiger partial charge in [0.25, 0.3) is 0 Å². The molecule has 10 atom stereocenters. The van der Waals surface area contributed by atoms with Gasteiger partial charge in [0.05, 0.1) is 28.5 Å². The molecule has 0 bridgehead atoms. The standard InChI is InChI=1S/C32H34O14/c1-11-8-9-15(29(38)39)20-16-10-17(33)14-6-5-7-18(21(14)26(16)45-30(40)19(11)20)44-32-28(24(36)22(34)12(2)43-32)46-31-25(37)27(41-4)23(35)13(3)42-31/h5-10,12-13,22-25,27-28,31-37H,1-4H3,(H,38,39). The Labute approximate surface area is 260 Å². The molecule has 2 saturated heterocycles. The van der Waals surface area contributed by atoms with Gasteiger partial charge in [-0.05, 0) is 44.5 Å². The summed E-state index contributed by atoms with van der Waals surface area (Å²) in [7, 11) is 1.30. The molecule has 0 spiro atoms. The molecule has 2 fully saturated rings. The third kappa shape index (κ3) is 5.16. The first-order valence-electron chi connectivity index (χ1n) is 14.6. The minimum atomic E-state index is -1.62. The number of phenolic OH excluding ortho intramolecular Hbond substituents is 1. The number of hydrogen-bond donors (Lipinski definition) is 6. The number of methoxy groups -OCH3 is 1. The molecule has 6 rings (SSSR count). The van der Waals surface area contributed by atoms with E-state index in [0.717, 1.165) is 0 Å². The van der Waals surface area contributed by atoms with E-state index in [4.69, 9.17) is 28.1 Å². The number of carboxylic acid groups (broad SMARTS) is 1. The molecule has 246 valence electrons. The van der Waals surface area contributed by atoms with Crippen LogP contribution < -0.4 is 10.4 Å². The molecule has 0 radical (unpaired) electrons. The topological polar surface area (TPSA) is 215 Å². The zero-order chi connectivity index (χ0) is 33.2. The number of aliphatic hydroxyl groups excluding tert-OH is 4. The fraction of sp³-hybridized carbons (Fsp3) is 0.438. The lowest BCUT2D eigenvalue weighted by Crippen LogP contribution is -2.64. The van der Waals surface area contributed by atoms with Crippen molar-refractivity contribution in [2.24, 2.45) is 0 Å². The van der Waals surface area contributed by atoms with E-state index in [2.05, 4.69) is 0 Å². The van der Waals surface area contributed by atoms with Crippen LogP contribution >= 0.6 is 0 Å². The number of carboxylic acids is 1. The van der Waals surface area contributed by atoms with Gasteiger partial charge >= 0.3 is 11.6 Å².